The number of phenols is 1. The second-order valence-corrected chi connectivity index (χ2v) is 9.52. The molecule has 3 N–H and O–H groups in total. The molecule has 1 aromatic heterocycles. The summed E-state index contributed by atoms with van der Waals surface area (Å²) in [4.78, 5) is 11.8. The Balaban J connectivity index is 1.27. The number of fused-ring (bicyclic) bond motifs is 1. The van der Waals surface area contributed by atoms with Crippen LogP contribution in [-0.4, -0.2) is 48.9 Å². The van der Waals surface area contributed by atoms with Gasteiger partial charge in [0.05, 0.1) is 12.8 Å². The zero-order valence-corrected chi connectivity index (χ0v) is 20.0. The average molecular weight is 458 g/mol. The minimum atomic E-state index is -0.653. The smallest absolute Gasteiger partial charge is 0.225 e. The summed E-state index contributed by atoms with van der Waals surface area (Å²) in [5.41, 5.74) is 3.29. The van der Waals surface area contributed by atoms with Gasteiger partial charge >= 0.3 is 0 Å². The molecule has 0 spiro atoms. The number of aromatic hydroxyl groups is 1. The number of aryl methyl sites for hydroxylation is 1. The Kier molecular flexibility index (Phi) is 7.53. The third kappa shape index (κ3) is 5.66. The van der Waals surface area contributed by atoms with Gasteiger partial charge in [0, 0.05) is 32.2 Å². The highest BCUT2D eigenvalue weighted by atomic mass is 19.1. The molecular weight excluding hydrogens is 421 g/mol. The molecule has 0 unspecified atom stereocenters. The summed E-state index contributed by atoms with van der Waals surface area (Å²) in [5, 5.41) is 16.7. The molecule has 33 heavy (non-hydrogen) atoms. The first kappa shape index (κ1) is 23.5. The van der Waals surface area contributed by atoms with Crippen molar-refractivity contribution in [2.45, 2.75) is 64.0 Å². The summed E-state index contributed by atoms with van der Waals surface area (Å²) in [7, 11) is 5.54. The van der Waals surface area contributed by atoms with E-state index in [0.29, 0.717) is 18.5 Å². The van der Waals surface area contributed by atoms with Crippen molar-refractivity contribution in [2.24, 2.45) is 5.92 Å². The normalized spacial score (nSPS) is 20.2. The van der Waals surface area contributed by atoms with Crippen molar-refractivity contribution in [3.63, 3.8) is 0 Å². The maximum atomic E-state index is 13.8. The SMILES string of the molecule is COc1cc(CNC[C@H]2CC[C@@H](Nc3nc4c(c(N(C)C)n3)CCCC4)CC2)cc(F)c1O. The van der Waals surface area contributed by atoms with Crippen molar-refractivity contribution in [3.8, 4) is 11.5 Å². The van der Waals surface area contributed by atoms with Crippen molar-refractivity contribution >= 4 is 11.8 Å². The Hall–Kier alpha value is -2.61. The second-order valence-electron chi connectivity index (χ2n) is 9.52. The molecule has 2 aromatic rings. The maximum absolute atomic E-state index is 13.8. The van der Waals surface area contributed by atoms with Crippen LogP contribution in [0.5, 0.6) is 11.5 Å². The van der Waals surface area contributed by atoms with Gasteiger partial charge in [0.15, 0.2) is 17.3 Å². The Labute approximate surface area is 195 Å². The topological polar surface area (TPSA) is 82.5 Å². The number of phenolic OH excluding ortho intramolecular Hbond substituents is 1. The van der Waals surface area contributed by atoms with Crippen LogP contribution in [0.4, 0.5) is 16.2 Å². The lowest BCUT2D eigenvalue weighted by molar-refractivity contribution is 0.323. The molecule has 0 radical (unpaired) electrons. The van der Waals surface area contributed by atoms with Gasteiger partial charge in [-0.25, -0.2) is 9.37 Å². The molecule has 7 nitrogen and oxygen atoms in total. The molecule has 2 aliphatic rings. The number of ether oxygens (including phenoxy) is 1. The van der Waals surface area contributed by atoms with Crippen LogP contribution in [0.3, 0.4) is 0 Å². The minimum Gasteiger partial charge on any atom is -0.502 e. The van der Waals surface area contributed by atoms with Crippen molar-refractivity contribution in [1.82, 2.24) is 15.3 Å². The van der Waals surface area contributed by atoms with Gasteiger partial charge in [-0.05, 0) is 81.5 Å². The van der Waals surface area contributed by atoms with Gasteiger partial charge in [-0.2, -0.15) is 4.98 Å². The molecule has 0 atom stereocenters. The molecule has 8 heteroatoms. The number of nitrogens with one attached hydrogen (secondary N) is 2. The van der Waals surface area contributed by atoms with Crippen molar-refractivity contribution in [2.75, 3.05) is 38.0 Å². The molecule has 1 saturated carbocycles. The summed E-state index contributed by atoms with van der Waals surface area (Å²) in [6, 6.07) is 3.42. The van der Waals surface area contributed by atoms with Crippen LogP contribution >= 0.6 is 0 Å². The predicted molar refractivity (Wildman–Crippen MR) is 129 cm³/mol. The highest BCUT2D eigenvalue weighted by molar-refractivity contribution is 5.53. The first-order valence-electron chi connectivity index (χ1n) is 12.0. The van der Waals surface area contributed by atoms with Crippen LogP contribution in [0.25, 0.3) is 0 Å². The van der Waals surface area contributed by atoms with E-state index in [2.05, 4.69) is 29.6 Å². The third-order valence-corrected chi connectivity index (χ3v) is 6.84. The fourth-order valence-electron chi connectivity index (χ4n) is 5.01. The predicted octanol–water partition coefficient (Wildman–Crippen LogP) is 4.04. The Morgan fingerprint density at radius 3 is 2.61 bits per heavy atom. The Morgan fingerprint density at radius 2 is 1.88 bits per heavy atom. The minimum absolute atomic E-state index is 0.167. The number of benzene rings is 1. The molecule has 1 fully saturated rings. The first-order valence-corrected chi connectivity index (χ1v) is 12.0. The highest BCUT2D eigenvalue weighted by Gasteiger charge is 2.24. The van der Waals surface area contributed by atoms with Gasteiger partial charge in [0.2, 0.25) is 5.95 Å². The summed E-state index contributed by atoms with van der Waals surface area (Å²) in [5.74, 6) is 1.49. The summed E-state index contributed by atoms with van der Waals surface area (Å²) in [6.07, 6.45) is 8.98. The third-order valence-electron chi connectivity index (χ3n) is 6.84. The molecule has 0 aliphatic heterocycles. The molecule has 0 bridgehead atoms. The van der Waals surface area contributed by atoms with E-state index in [0.717, 1.165) is 62.4 Å². The Morgan fingerprint density at radius 1 is 1.12 bits per heavy atom. The van der Waals surface area contributed by atoms with Crippen LogP contribution in [0.2, 0.25) is 0 Å². The summed E-state index contributed by atoms with van der Waals surface area (Å²) < 4.78 is 18.9. The lowest BCUT2D eigenvalue weighted by Crippen LogP contribution is -2.32. The average Bonchev–Trinajstić information content (AvgIpc) is 2.81. The molecule has 1 aromatic carbocycles. The van der Waals surface area contributed by atoms with E-state index >= 15 is 0 Å². The van der Waals surface area contributed by atoms with Gasteiger partial charge in [-0.15, -0.1) is 0 Å². The first-order chi connectivity index (χ1) is 15.9. The number of hydrogen-bond acceptors (Lipinski definition) is 7. The van der Waals surface area contributed by atoms with Crippen molar-refractivity contribution in [3.05, 3.63) is 34.8 Å². The zero-order chi connectivity index (χ0) is 23.4. The number of anilines is 2. The molecule has 0 amide bonds. The number of aromatic nitrogens is 2. The highest BCUT2D eigenvalue weighted by Crippen LogP contribution is 2.31. The lowest BCUT2D eigenvalue weighted by Gasteiger charge is -2.30. The van der Waals surface area contributed by atoms with E-state index in [-0.39, 0.29) is 5.75 Å². The standard InChI is InChI=1S/C25H36FN5O2/c1-31(2)24-19-6-4-5-7-21(19)29-25(30-24)28-18-10-8-16(9-11-18)14-27-15-17-12-20(26)23(32)22(13-17)33-3/h12-13,16,18,27,32H,4-11,14-15H2,1-3H3,(H,28,29,30)/t16-,18+. The van der Waals surface area contributed by atoms with Crippen LogP contribution < -0.4 is 20.3 Å². The van der Waals surface area contributed by atoms with Crippen LogP contribution in [0.15, 0.2) is 12.1 Å². The summed E-state index contributed by atoms with van der Waals surface area (Å²) in [6.45, 7) is 1.43. The van der Waals surface area contributed by atoms with Crippen molar-refractivity contribution < 1.29 is 14.2 Å². The summed E-state index contributed by atoms with van der Waals surface area (Å²) >= 11 is 0. The Bertz CT molecular complexity index is 960. The van der Waals surface area contributed by atoms with Gasteiger partial charge in [-0.1, -0.05) is 0 Å². The number of rotatable bonds is 8. The van der Waals surface area contributed by atoms with E-state index in [9.17, 15) is 9.50 Å². The van der Waals surface area contributed by atoms with Gasteiger partial charge in [0.1, 0.15) is 5.82 Å². The lowest BCUT2D eigenvalue weighted by atomic mass is 9.86. The number of methoxy groups -OCH3 is 1. The monoisotopic (exact) mass is 457 g/mol. The van der Waals surface area contributed by atoms with E-state index < -0.39 is 11.6 Å². The zero-order valence-electron chi connectivity index (χ0n) is 20.0. The van der Waals surface area contributed by atoms with E-state index in [4.69, 9.17) is 14.7 Å². The number of halogens is 1. The maximum Gasteiger partial charge on any atom is 0.225 e. The molecule has 0 saturated heterocycles. The number of hydrogen-bond donors (Lipinski definition) is 3. The van der Waals surface area contributed by atoms with Crippen LogP contribution in [0, 0.1) is 11.7 Å². The molecule has 4 rings (SSSR count). The van der Waals surface area contributed by atoms with Crippen LogP contribution in [0.1, 0.15) is 55.3 Å². The van der Waals surface area contributed by atoms with E-state index in [1.54, 1.807) is 6.07 Å². The quantitative estimate of drug-likeness (QED) is 0.552. The van der Waals surface area contributed by atoms with Crippen LogP contribution in [-0.2, 0) is 19.4 Å². The van der Waals surface area contributed by atoms with E-state index in [1.165, 1.54) is 37.3 Å². The largest absolute Gasteiger partial charge is 0.502 e. The van der Waals surface area contributed by atoms with E-state index in [1.807, 2.05) is 0 Å². The van der Waals surface area contributed by atoms with Gasteiger partial charge in [0.25, 0.3) is 0 Å². The molecule has 180 valence electrons. The van der Waals surface area contributed by atoms with Crippen molar-refractivity contribution in [1.29, 1.82) is 0 Å². The number of nitrogens with zero attached hydrogens (tertiary/aromatic N) is 3. The fraction of sp³-hybridized carbons (Fsp3) is 0.600. The molecule has 2 aliphatic carbocycles. The second kappa shape index (κ2) is 10.5. The molecular formula is C25H36FN5O2. The molecule has 1 heterocycles. The fourth-order valence-corrected chi connectivity index (χ4v) is 5.01. The van der Waals surface area contributed by atoms with Gasteiger partial charge < -0.3 is 25.4 Å². The van der Waals surface area contributed by atoms with Gasteiger partial charge in [-0.3, -0.25) is 0 Å².